The van der Waals surface area contributed by atoms with E-state index >= 15 is 0 Å². The van der Waals surface area contributed by atoms with Gasteiger partial charge in [0, 0.05) is 11.3 Å². The van der Waals surface area contributed by atoms with Crippen molar-refractivity contribution in [3.8, 4) is 0 Å². The monoisotopic (exact) mass is 399 g/mol. The first-order valence-electron chi connectivity index (χ1n) is 10.7. The minimum atomic E-state index is -1.01. The highest BCUT2D eigenvalue weighted by Crippen LogP contribution is 2.56. The van der Waals surface area contributed by atoms with Gasteiger partial charge in [-0.2, -0.15) is 0 Å². The van der Waals surface area contributed by atoms with Gasteiger partial charge in [0.25, 0.3) is 5.91 Å². The number of hydrogen-bond acceptors (Lipinski definition) is 4. The van der Waals surface area contributed by atoms with Crippen molar-refractivity contribution in [3.05, 3.63) is 47.8 Å². The van der Waals surface area contributed by atoms with E-state index in [1.807, 2.05) is 38.2 Å². The Kier molecular flexibility index (Phi) is 6.18. The van der Waals surface area contributed by atoms with Gasteiger partial charge >= 0.3 is 0 Å². The van der Waals surface area contributed by atoms with Gasteiger partial charge in [0.1, 0.15) is 17.4 Å². The van der Waals surface area contributed by atoms with Crippen molar-refractivity contribution in [1.29, 1.82) is 0 Å². The molecule has 2 aliphatic carbocycles. The second kappa shape index (κ2) is 8.31. The van der Waals surface area contributed by atoms with E-state index in [4.69, 9.17) is 0 Å². The highest BCUT2D eigenvalue weighted by Gasteiger charge is 2.53. The molecule has 29 heavy (non-hydrogen) atoms. The lowest BCUT2D eigenvalue weighted by Crippen LogP contribution is -2.45. The summed E-state index contributed by atoms with van der Waals surface area (Å²) in [4.78, 5) is 25.5. The van der Waals surface area contributed by atoms with Crippen molar-refractivity contribution in [2.24, 2.45) is 29.1 Å². The van der Waals surface area contributed by atoms with Crippen molar-refractivity contribution in [2.75, 3.05) is 0 Å². The Bertz CT molecular complexity index is 791. The van der Waals surface area contributed by atoms with Crippen LogP contribution in [-0.4, -0.2) is 34.0 Å². The number of fused-ring (bicyclic) bond motifs is 1. The number of amides is 1. The molecule has 3 N–H and O–H groups in total. The molecule has 1 amide bonds. The Balaban J connectivity index is 2.11. The number of ketones is 1. The molecular weight excluding hydrogens is 366 g/mol. The van der Waals surface area contributed by atoms with Crippen LogP contribution in [0.5, 0.6) is 0 Å². The Morgan fingerprint density at radius 3 is 2.62 bits per heavy atom. The lowest BCUT2D eigenvalue weighted by molar-refractivity contribution is -0.118. The minimum absolute atomic E-state index is 0.132. The third kappa shape index (κ3) is 3.73. The maximum atomic E-state index is 12.9. The standard InChI is InChI=1S/C24H33NO4/c1-5-6-7-8-17-11-10-16-13-14(2)9-12-18(16)24(17,4)22(28)19-21(27)20(15(3)26)25-23(19)29/h5-8,10-11,14-18,20,26,28H,9,12-13H2,1-4H3,(H,25,29)/b6-5+,8-7-,22-19-/t14-,15-,16+,17+,18+,20+,24+/m1/s1. The minimum Gasteiger partial charge on any atom is -0.511 e. The van der Waals surface area contributed by atoms with Crippen molar-refractivity contribution in [1.82, 2.24) is 5.32 Å². The van der Waals surface area contributed by atoms with Crippen molar-refractivity contribution >= 4 is 11.7 Å². The second-order valence-electron chi connectivity index (χ2n) is 9.07. The Morgan fingerprint density at radius 1 is 1.28 bits per heavy atom. The number of carbonyl (C=O) groups is 2. The molecule has 158 valence electrons. The molecule has 0 bridgehead atoms. The molecule has 1 heterocycles. The van der Waals surface area contributed by atoms with E-state index in [1.54, 1.807) is 0 Å². The summed E-state index contributed by atoms with van der Waals surface area (Å²) in [6.07, 6.45) is 14.2. The van der Waals surface area contributed by atoms with Crippen LogP contribution < -0.4 is 5.32 Å². The molecule has 3 rings (SSSR count). The lowest BCUT2D eigenvalue weighted by Gasteiger charge is -2.50. The van der Waals surface area contributed by atoms with Crippen molar-refractivity contribution in [3.63, 3.8) is 0 Å². The fourth-order valence-corrected chi connectivity index (χ4v) is 5.36. The quantitative estimate of drug-likeness (QED) is 0.222. The van der Waals surface area contributed by atoms with Crippen LogP contribution in [0.25, 0.3) is 0 Å². The first-order chi connectivity index (χ1) is 13.7. The molecule has 1 saturated heterocycles. The third-order valence-electron chi connectivity index (χ3n) is 7.08. The summed E-state index contributed by atoms with van der Waals surface area (Å²) in [6, 6.07) is -0.999. The Morgan fingerprint density at radius 2 is 2.00 bits per heavy atom. The smallest absolute Gasteiger partial charge is 0.259 e. The molecule has 0 radical (unpaired) electrons. The molecule has 7 atom stereocenters. The number of aliphatic hydroxyl groups excluding tert-OH is 2. The van der Waals surface area contributed by atoms with Crippen molar-refractivity contribution < 1.29 is 19.8 Å². The van der Waals surface area contributed by atoms with E-state index in [9.17, 15) is 19.8 Å². The maximum absolute atomic E-state index is 12.9. The first kappa shape index (κ1) is 21.6. The van der Waals surface area contributed by atoms with Crippen LogP contribution in [0.1, 0.15) is 47.0 Å². The van der Waals surface area contributed by atoms with Gasteiger partial charge < -0.3 is 15.5 Å². The van der Waals surface area contributed by atoms with E-state index in [-0.39, 0.29) is 23.2 Å². The van der Waals surface area contributed by atoms with Crippen molar-refractivity contribution in [2.45, 2.75) is 59.1 Å². The molecule has 5 heteroatoms. The number of nitrogens with one attached hydrogen (secondary N) is 1. The van der Waals surface area contributed by atoms with E-state index in [0.29, 0.717) is 11.8 Å². The molecule has 5 nitrogen and oxygen atoms in total. The molecule has 0 aromatic rings. The summed E-state index contributed by atoms with van der Waals surface area (Å²) in [7, 11) is 0. The molecule has 2 fully saturated rings. The highest BCUT2D eigenvalue weighted by atomic mass is 16.3. The summed E-state index contributed by atoms with van der Waals surface area (Å²) >= 11 is 0. The van der Waals surface area contributed by atoms with Gasteiger partial charge in [-0.05, 0) is 44.4 Å². The van der Waals surface area contributed by atoms with Gasteiger partial charge in [0.15, 0.2) is 5.78 Å². The number of allylic oxidation sites excluding steroid dienone is 7. The highest BCUT2D eigenvalue weighted by molar-refractivity contribution is 6.27. The lowest BCUT2D eigenvalue weighted by atomic mass is 9.54. The van der Waals surface area contributed by atoms with Crippen LogP contribution in [0.4, 0.5) is 0 Å². The average Bonchev–Trinajstić information content (AvgIpc) is 2.97. The van der Waals surface area contributed by atoms with E-state index in [0.717, 1.165) is 19.3 Å². The summed E-state index contributed by atoms with van der Waals surface area (Å²) in [6.45, 7) is 7.64. The van der Waals surface area contributed by atoms with Crippen LogP contribution in [0.15, 0.2) is 47.8 Å². The predicted molar refractivity (Wildman–Crippen MR) is 113 cm³/mol. The Hall–Kier alpha value is -2.14. The largest absolute Gasteiger partial charge is 0.511 e. The zero-order valence-electron chi connectivity index (χ0n) is 17.8. The molecular formula is C24H33NO4. The molecule has 3 aliphatic rings. The fraction of sp³-hybridized carbons (Fsp3) is 0.583. The van der Waals surface area contributed by atoms with E-state index in [2.05, 4.69) is 24.4 Å². The maximum Gasteiger partial charge on any atom is 0.259 e. The van der Waals surface area contributed by atoms with Crippen LogP contribution >= 0.6 is 0 Å². The molecule has 0 aromatic heterocycles. The number of aliphatic hydroxyl groups is 2. The van der Waals surface area contributed by atoms with Gasteiger partial charge in [-0.25, -0.2) is 0 Å². The zero-order valence-corrected chi connectivity index (χ0v) is 17.8. The fourth-order valence-electron chi connectivity index (χ4n) is 5.36. The molecule has 1 saturated carbocycles. The molecule has 0 unspecified atom stereocenters. The van der Waals surface area contributed by atoms with E-state index < -0.39 is 29.3 Å². The van der Waals surface area contributed by atoms with Gasteiger partial charge in [-0.3, -0.25) is 9.59 Å². The second-order valence-corrected chi connectivity index (χ2v) is 9.07. The number of rotatable bonds is 4. The molecule has 0 spiro atoms. The van der Waals surface area contributed by atoms with Gasteiger partial charge in [-0.1, -0.05) is 56.7 Å². The summed E-state index contributed by atoms with van der Waals surface area (Å²) in [5, 5.41) is 23.8. The van der Waals surface area contributed by atoms with Gasteiger partial charge in [0.2, 0.25) is 0 Å². The van der Waals surface area contributed by atoms with Crippen LogP contribution in [0.2, 0.25) is 0 Å². The zero-order chi connectivity index (χ0) is 21.3. The van der Waals surface area contributed by atoms with Gasteiger partial charge in [-0.15, -0.1) is 0 Å². The number of hydrogen-bond donors (Lipinski definition) is 3. The third-order valence-corrected chi connectivity index (χ3v) is 7.08. The average molecular weight is 400 g/mol. The number of Topliss-reactive ketones (excluding diaryl/α,β-unsaturated/α-hetero) is 1. The molecule has 0 aromatic carbocycles. The summed E-state index contributed by atoms with van der Waals surface area (Å²) < 4.78 is 0. The van der Waals surface area contributed by atoms with Gasteiger partial charge in [0.05, 0.1) is 6.10 Å². The van der Waals surface area contributed by atoms with E-state index in [1.165, 1.54) is 6.92 Å². The SMILES string of the molecule is C/C=C/C=C\[C@H]1C=C[C@H]2C[C@H](C)CC[C@@H]2[C@@]1(C)/C(O)=C1/C(=O)N[C@@H]([C@@H](C)O)C1=O. The van der Waals surface area contributed by atoms with Crippen LogP contribution in [0, 0.1) is 29.1 Å². The van der Waals surface area contributed by atoms with Crippen LogP contribution in [0.3, 0.4) is 0 Å². The summed E-state index contributed by atoms with van der Waals surface area (Å²) in [5.41, 5.74) is -0.941. The summed E-state index contributed by atoms with van der Waals surface area (Å²) in [5.74, 6) is -0.306. The first-order valence-corrected chi connectivity index (χ1v) is 10.7. The van der Waals surface area contributed by atoms with Crippen LogP contribution in [-0.2, 0) is 9.59 Å². The normalized spacial score (nSPS) is 40.4. The molecule has 1 aliphatic heterocycles. The number of carbonyl (C=O) groups excluding carboxylic acids is 2. The topological polar surface area (TPSA) is 86.6 Å². The Labute approximate surface area is 173 Å². The predicted octanol–water partition coefficient (Wildman–Crippen LogP) is 3.62.